The Morgan fingerprint density at radius 2 is 2.00 bits per heavy atom. The molecule has 0 aliphatic heterocycles. The Labute approximate surface area is 85.8 Å². The van der Waals surface area contributed by atoms with Gasteiger partial charge in [-0.15, -0.1) is 0 Å². The molecule has 76 valence electrons. The fourth-order valence-corrected chi connectivity index (χ4v) is 2.19. The van der Waals surface area contributed by atoms with E-state index in [-0.39, 0.29) is 0 Å². The topological polar surface area (TPSA) is 20.2 Å². The van der Waals surface area contributed by atoms with Gasteiger partial charge < -0.3 is 5.11 Å². The standard InChI is InChI=1S/C13H18O/c1-3-10-6-4-5-7-12(10)13(2,14)11-8-9-11/h4-7,11,14H,3,8-9H2,1-2H3. The van der Waals surface area contributed by atoms with E-state index in [2.05, 4.69) is 19.1 Å². The van der Waals surface area contributed by atoms with E-state index in [1.807, 2.05) is 19.1 Å². The molecule has 0 aromatic heterocycles. The van der Waals surface area contributed by atoms with Crippen LogP contribution in [0.3, 0.4) is 0 Å². The van der Waals surface area contributed by atoms with Gasteiger partial charge in [0.1, 0.15) is 0 Å². The Morgan fingerprint density at radius 1 is 1.36 bits per heavy atom. The first-order chi connectivity index (χ1) is 6.66. The summed E-state index contributed by atoms with van der Waals surface area (Å²) in [5.41, 5.74) is 1.81. The highest BCUT2D eigenvalue weighted by Gasteiger charge is 2.41. The van der Waals surface area contributed by atoms with E-state index in [4.69, 9.17) is 0 Å². The third-order valence-corrected chi connectivity index (χ3v) is 3.32. The number of aliphatic hydroxyl groups is 1. The van der Waals surface area contributed by atoms with Gasteiger partial charge in [-0.05, 0) is 43.2 Å². The van der Waals surface area contributed by atoms with Crippen molar-refractivity contribution < 1.29 is 5.11 Å². The summed E-state index contributed by atoms with van der Waals surface area (Å²) in [6, 6.07) is 8.25. The second kappa shape index (κ2) is 3.39. The molecule has 1 saturated carbocycles. The van der Waals surface area contributed by atoms with Crippen molar-refractivity contribution in [3.8, 4) is 0 Å². The largest absolute Gasteiger partial charge is 0.385 e. The zero-order valence-corrected chi connectivity index (χ0v) is 8.96. The van der Waals surface area contributed by atoms with Gasteiger partial charge in [-0.1, -0.05) is 31.2 Å². The van der Waals surface area contributed by atoms with Crippen LogP contribution in [-0.2, 0) is 12.0 Å². The molecule has 1 fully saturated rings. The van der Waals surface area contributed by atoms with Gasteiger partial charge in [0.2, 0.25) is 0 Å². The van der Waals surface area contributed by atoms with Crippen LogP contribution in [0.2, 0.25) is 0 Å². The van der Waals surface area contributed by atoms with Crippen molar-refractivity contribution in [1.29, 1.82) is 0 Å². The van der Waals surface area contributed by atoms with Crippen LogP contribution in [-0.4, -0.2) is 5.11 Å². The summed E-state index contributed by atoms with van der Waals surface area (Å²) in [4.78, 5) is 0. The fourth-order valence-electron chi connectivity index (χ4n) is 2.19. The Balaban J connectivity index is 2.38. The molecule has 0 heterocycles. The average molecular weight is 190 g/mol. The van der Waals surface area contributed by atoms with Crippen molar-refractivity contribution in [3.05, 3.63) is 35.4 Å². The van der Waals surface area contributed by atoms with E-state index >= 15 is 0 Å². The molecule has 0 saturated heterocycles. The number of hydrogen-bond donors (Lipinski definition) is 1. The Hall–Kier alpha value is -0.820. The summed E-state index contributed by atoms with van der Waals surface area (Å²) in [5.74, 6) is 0.482. The van der Waals surface area contributed by atoms with Crippen LogP contribution in [0.5, 0.6) is 0 Å². The van der Waals surface area contributed by atoms with Crippen molar-refractivity contribution in [2.24, 2.45) is 5.92 Å². The first-order valence-electron chi connectivity index (χ1n) is 5.47. The van der Waals surface area contributed by atoms with Gasteiger partial charge in [0.05, 0.1) is 5.60 Å². The maximum Gasteiger partial charge on any atom is 0.0899 e. The highest BCUT2D eigenvalue weighted by molar-refractivity contribution is 5.33. The third-order valence-electron chi connectivity index (χ3n) is 3.32. The summed E-state index contributed by atoms with van der Waals surface area (Å²) in [6.45, 7) is 4.10. The van der Waals surface area contributed by atoms with Crippen molar-refractivity contribution in [2.45, 2.75) is 38.7 Å². The van der Waals surface area contributed by atoms with Gasteiger partial charge in [0.25, 0.3) is 0 Å². The molecular formula is C13H18O. The van der Waals surface area contributed by atoms with Gasteiger partial charge in [-0.2, -0.15) is 0 Å². The number of benzene rings is 1. The predicted molar refractivity (Wildman–Crippen MR) is 58.1 cm³/mol. The lowest BCUT2D eigenvalue weighted by Crippen LogP contribution is -2.25. The molecule has 1 N–H and O–H groups in total. The molecule has 0 amide bonds. The van der Waals surface area contributed by atoms with Crippen LogP contribution in [0.4, 0.5) is 0 Å². The lowest BCUT2D eigenvalue weighted by Gasteiger charge is -2.26. The van der Waals surface area contributed by atoms with Gasteiger partial charge >= 0.3 is 0 Å². The average Bonchev–Trinajstić information content (AvgIpc) is 3.01. The molecular weight excluding hydrogens is 172 g/mol. The SMILES string of the molecule is CCc1ccccc1C(C)(O)C1CC1. The molecule has 1 unspecified atom stereocenters. The van der Waals surface area contributed by atoms with Crippen LogP contribution < -0.4 is 0 Å². The van der Waals surface area contributed by atoms with E-state index in [9.17, 15) is 5.11 Å². The highest BCUT2D eigenvalue weighted by Crippen LogP contribution is 2.46. The Kier molecular flexibility index (Phi) is 2.36. The molecule has 0 radical (unpaired) electrons. The lowest BCUT2D eigenvalue weighted by atomic mass is 9.86. The minimum absolute atomic E-state index is 0.482. The third kappa shape index (κ3) is 1.57. The molecule has 1 aliphatic rings. The van der Waals surface area contributed by atoms with E-state index in [0.29, 0.717) is 5.92 Å². The fraction of sp³-hybridized carbons (Fsp3) is 0.538. The van der Waals surface area contributed by atoms with Crippen molar-refractivity contribution in [3.63, 3.8) is 0 Å². The molecule has 0 bridgehead atoms. The van der Waals surface area contributed by atoms with Crippen LogP contribution >= 0.6 is 0 Å². The van der Waals surface area contributed by atoms with E-state index in [0.717, 1.165) is 12.0 Å². The lowest BCUT2D eigenvalue weighted by molar-refractivity contribution is 0.0322. The number of rotatable bonds is 3. The molecule has 1 aromatic rings. The van der Waals surface area contributed by atoms with Crippen LogP contribution in [0, 0.1) is 5.92 Å². The van der Waals surface area contributed by atoms with Crippen LogP contribution in [0.1, 0.15) is 37.8 Å². The van der Waals surface area contributed by atoms with E-state index < -0.39 is 5.60 Å². The van der Waals surface area contributed by atoms with Crippen LogP contribution in [0.25, 0.3) is 0 Å². The molecule has 1 aromatic carbocycles. The zero-order valence-electron chi connectivity index (χ0n) is 8.96. The second-order valence-electron chi connectivity index (χ2n) is 4.43. The maximum absolute atomic E-state index is 10.4. The second-order valence-corrected chi connectivity index (χ2v) is 4.43. The number of aryl methyl sites for hydroxylation is 1. The molecule has 1 heteroatoms. The summed E-state index contributed by atoms with van der Waals surface area (Å²) in [6.07, 6.45) is 3.34. The smallest absolute Gasteiger partial charge is 0.0899 e. The van der Waals surface area contributed by atoms with Crippen LogP contribution in [0.15, 0.2) is 24.3 Å². The minimum Gasteiger partial charge on any atom is -0.385 e. The van der Waals surface area contributed by atoms with Gasteiger partial charge in [-0.25, -0.2) is 0 Å². The summed E-state index contributed by atoms with van der Waals surface area (Å²) in [5, 5.41) is 10.4. The zero-order chi connectivity index (χ0) is 10.2. The molecule has 1 atom stereocenters. The van der Waals surface area contributed by atoms with Crippen molar-refractivity contribution in [2.75, 3.05) is 0 Å². The Morgan fingerprint density at radius 3 is 2.57 bits per heavy atom. The summed E-state index contributed by atoms with van der Waals surface area (Å²) in [7, 11) is 0. The van der Waals surface area contributed by atoms with Crippen molar-refractivity contribution >= 4 is 0 Å². The van der Waals surface area contributed by atoms with Gasteiger partial charge in [0, 0.05) is 0 Å². The first-order valence-corrected chi connectivity index (χ1v) is 5.47. The summed E-state index contributed by atoms with van der Waals surface area (Å²) < 4.78 is 0. The maximum atomic E-state index is 10.4. The Bertz CT molecular complexity index is 324. The molecule has 1 nitrogen and oxygen atoms in total. The molecule has 2 rings (SSSR count). The predicted octanol–water partition coefficient (Wildman–Crippen LogP) is 2.87. The van der Waals surface area contributed by atoms with Crippen molar-refractivity contribution in [1.82, 2.24) is 0 Å². The van der Waals surface area contributed by atoms with E-state index in [1.165, 1.54) is 18.4 Å². The minimum atomic E-state index is -0.605. The molecule has 14 heavy (non-hydrogen) atoms. The monoisotopic (exact) mass is 190 g/mol. The number of hydrogen-bond acceptors (Lipinski definition) is 1. The normalized spacial score (nSPS) is 20.5. The molecule has 1 aliphatic carbocycles. The summed E-state index contributed by atoms with van der Waals surface area (Å²) >= 11 is 0. The first kappa shape index (κ1) is 9.72. The highest BCUT2D eigenvalue weighted by atomic mass is 16.3. The van der Waals surface area contributed by atoms with Gasteiger partial charge in [0.15, 0.2) is 0 Å². The van der Waals surface area contributed by atoms with E-state index in [1.54, 1.807) is 0 Å². The quantitative estimate of drug-likeness (QED) is 0.777. The van der Waals surface area contributed by atoms with Gasteiger partial charge in [-0.3, -0.25) is 0 Å². The molecule has 0 spiro atoms.